The molecule has 6 heteroatoms. The van der Waals surface area contributed by atoms with Crippen LogP contribution in [0.15, 0.2) is 71.8 Å². The predicted molar refractivity (Wildman–Crippen MR) is 110 cm³/mol. The van der Waals surface area contributed by atoms with Crippen LogP contribution in [0.4, 0.5) is 5.69 Å². The summed E-state index contributed by atoms with van der Waals surface area (Å²) >= 11 is 0. The van der Waals surface area contributed by atoms with Crippen LogP contribution in [-0.4, -0.2) is 23.0 Å². The number of benzene rings is 2. The summed E-state index contributed by atoms with van der Waals surface area (Å²) in [5.41, 5.74) is 6.46. The molecule has 1 heterocycles. The number of hydrazone groups is 1. The molecule has 2 aromatic carbocycles. The first-order chi connectivity index (χ1) is 13.5. The molecule has 0 atom stereocenters. The second kappa shape index (κ2) is 8.73. The summed E-state index contributed by atoms with van der Waals surface area (Å²) < 4.78 is 0. The van der Waals surface area contributed by atoms with E-state index < -0.39 is 0 Å². The number of carbonyl (C=O) groups is 2. The minimum absolute atomic E-state index is 0.232. The van der Waals surface area contributed by atoms with Crippen molar-refractivity contribution in [1.29, 1.82) is 0 Å². The van der Waals surface area contributed by atoms with Gasteiger partial charge in [-0.15, -0.1) is 0 Å². The number of hydrogen-bond acceptors (Lipinski definition) is 4. The normalized spacial score (nSPS) is 10.6. The largest absolute Gasteiger partial charge is 0.322 e. The Morgan fingerprint density at radius 3 is 2.36 bits per heavy atom. The number of hydrogen-bond donors (Lipinski definition) is 2. The van der Waals surface area contributed by atoms with Crippen molar-refractivity contribution in [3.05, 3.63) is 94.8 Å². The summed E-state index contributed by atoms with van der Waals surface area (Å²) in [5.74, 6) is -0.611. The van der Waals surface area contributed by atoms with E-state index in [1.54, 1.807) is 42.5 Å². The molecule has 0 unspecified atom stereocenters. The first-order valence-electron chi connectivity index (χ1n) is 8.76. The lowest BCUT2D eigenvalue weighted by molar-refractivity contribution is 0.0953. The van der Waals surface area contributed by atoms with Gasteiger partial charge in [0.25, 0.3) is 11.8 Å². The van der Waals surface area contributed by atoms with Crippen molar-refractivity contribution in [2.24, 2.45) is 5.10 Å². The van der Waals surface area contributed by atoms with Crippen LogP contribution in [0.25, 0.3) is 0 Å². The standard InChI is InChI=1S/C22H20N4O2/c1-15-6-3-8-17(12-15)21(27)25-19-10-5-9-18(13-19)22(28)26-23-14-20-11-4-7-16(2)24-20/h3-14H,1-2H3,(H,25,27)(H,26,28)/b23-14-. The maximum atomic E-state index is 12.4. The number of amides is 2. The van der Waals surface area contributed by atoms with Gasteiger partial charge in [-0.3, -0.25) is 14.6 Å². The minimum Gasteiger partial charge on any atom is -0.322 e. The molecular weight excluding hydrogens is 352 g/mol. The van der Waals surface area contributed by atoms with Gasteiger partial charge in [0, 0.05) is 22.5 Å². The molecule has 2 amide bonds. The van der Waals surface area contributed by atoms with Gasteiger partial charge in [0.15, 0.2) is 0 Å². The Bertz CT molecular complexity index is 1040. The van der Waals surface area contributed by atoms with Gasteiger partial charge in [0.1, 0.15) is 0 Å². The molecule has 0 spiro atoms. The highest BCUT2D eigenvalue weighted by molar-refractivity contribution is 6.05. The number of nitrogens with one attached hydrogen (secondary N) is 2. The van der Waals surface area contributed by atoms with Crippen molar-refractivity contribution in [2.75, 3.05) is 5.32 Å². The van der Waals surface area contributed by atoms with Gasteiger partial charge in [0.05, 0.1) is 11.9 Å². The van der Waals surface area contributed by atoms with E-state index in [1.807, 2.05) is 38.1 Å². The molecule has 0 aliphatic rings. The Labute approximate surface area is 163 Å². The summed E-state index contributed by atoms with van der Waals surface area (Å²) in [6, 6.07) is 19.5. The molecule has 2 N–H and O–H groups in total. The van der Waals surface area contributed by atoms with Gasteiger partial charge in [-0.2, -0.15) is 5.10 Å². The third kappa shape index (κ3) is 5.11. The number of pyridine rings is 1. The van der Waals surface area contributed by atoms with Gasteiger partial charge in [-0.1, -0.05) is 29.8 Å². The van der Waals surface area contributed by atoms with Crippen molar-refractivity contribution >= 4 is 23.7 Å². The van der Waals surface area contributed by atoms with Gasteiger partial charge < -0.3 is 5.32 Å². The van der Waals surface area contributed by atoms with Crippen LogP contribution in [0, 0.1) is 13.8 Å². The third-order valence-electron chi connectivity index (χ3n) is 3.94. The lowest BCUT2D eigenvalue weighted by Gasteiger charge is -2.07. The fraction of sp³-hybridized carbons (Fsp3) is 0.0909. The van der Waals surface area contributed by atoms with E-state index in [2.05, 4.69) is 20.8 Å². The summed E-state index contributed by atoms with van der Waals surface area (Å²) in [6.07, 6.45) is 1.48. The van der Waals surface area contributed by atoms with Crippen molar-refractivity contribution < 1.29 is 9.59 Å². The minimum atomic E-state index is -0.379. The highest BCUT2D eigenvalue weighted by Crippen LogP contribution is 2.13. The molecule has 3 rings (SSSR count). The first kappa shape index (κ1) is 19.0. The van der Waals surface area contributed by atoms with Gasteiger partial charge >= 0.3 is 0 Å². The second-order valence-electron chi connectivity index (χ2n) is 6.31. The Kier molecular flexibility index (Phi) is 5.91. The molecule has 0 fully saturated rings. The van der Waals surface area contributed by atoms with Crippen molar-refractivity contribution in [3.8, 4) is 0 Å². The lowest BCUT2D eigenvalue weighted by Crippen LogP contribution is -2.18. The third-order valence-corrected chi connectivity index (χ3v) is 3.94. The van der Waals surface area contributed by atoms with Crippen LogP contribution in [0.1, 0.15) is 37.7 Å². The zero-order valence-corrected chi connectivity index (χ0v) is 15.6. The molecule has 1 aromatic heterocycles. The van der Waals surface area contributed by atoms with E-state index in [4.69, 9.17) is 0 Å². The monoisotopic (exact) mass is 372 g/mol. The molecule has 0 aliphatic heterocycles. The molecule has 28 heavy (non-hydrogen) atoms. The van der Waals surface area contributed by atoms with E-state index in [0.717, 1.165) is 11.3 Å². The number of rotatable bonds is 5. The van der Waals surface area contributed by atoms with E-state index in [0.29, 0.717) is 22.5 Å². The molecular formula is C22H20N4O2. The van der Waals surface area contributed by atoms with Crippen molar-refractivity contribution in [2.45, 2.75) is 13.8 Å². The van der Waals surface area contributed by atoms with E-state index >= 15 is 0 Å². The van der Waals surface area contributed by atoms with Crippen LogP contribution in [0.5, 0.6) is 0 Å². The van der Waals surface area contributed by atoms with Crippen LogP contribution < -0.4 is 10.7 Å². The molecule has 0 radical (unpaired) electrons. The molecule has 0 bridgehead atoms. The summed E-state index contributed by atoms with van der Waals surface area (Å²) in [5, 5.41) is 6.73. The highest BCUT2D eigenvalue weighted by atomic mass is 16.2. The number of aromatic nitrogens is 1. The Morgan fingerprint density at radius 1 is 0.893 bits per heavy atom. The maximum Gasteiger partial charge on any atom is 0.271 e. The predicted octanol–water partition coefficient (Wildman–Crippen LogP) is 3.71. The van der Waals surface area contributed by atoms with Crippen molar-refractivity contribution in [1.82, 2.24) is 10.4 Å². The molecule has 0 saturated heterocycles. The van der Waals surface area contributed by atoms with Crippen LogP contribution in [0.2, 0.25) is 0 Å². The Hall–Kier alpha value is -3.80. The first-order valence-corrected chi connectivity index (χ1v) is 8.76. The zero-order chi connectivity index (χ0) is 19.9. The fourth-order valence-electron chi connectivity index (χ4n) is 2.59. The lowest BCUT2D eigenvalue weighted by atomic mass is 10.1. The second-order valence-corrected chi connectivity index (χ2v) is 6.31. The molecule has 0 saturated carbocycles. The van der Waals surface area contributed by atoms with Crippen LogP contribution in [0.3, 0.4) is 0 Å². The van der Waals surface area contributed by atoms with Gasteiger partial charge in [-0.25, -0.2) is 5.43 Å². The zero-order valence-electron chi connectivity index (χ0n) is 15.6. The Balaban J connectivity index is 1.65. The van der Waals surface area contributed by atoms with E-state index in [1.165, 1.54) is 6.21 Å². The smallest absolute Gasteiger partial charge is 0.271 e. The highest BCUT2D eigenvalue weighted by Gasteiger charge is 2.09. The van der Waals surface area contributed by atoms with Gasteiger partial charge in [0.2, 0.25) is 0 Å². The molecule has 3 aromatic rings. The van der Waals surface area contributed by atoms with E-state index in [-0.39, 0.29) is 11.8 Å². The molecule has 140 valence electrons. The maximum absolute atomic E-state index is 12.4. The Morgan fingerprint density at radius 2 is 1.61 bits per heavy atom. The quantitative estimate of drug-likeness (QED) is 0.529. The average Bonchev–Trinajstić information content (AvgIpc) is 2.68. The van der Waals surface area contributed by atoms with Gasteiger partial charge in [-0.05, 0) is 56.3 Å². The summed E-state index contributed by atoms with van der Waals surface area (Å²) in [4.78, 5) is 28.9. The van der Waals surface area contributed by atoms with Crippen molar-refractivity contribution in [3.63, 3.8) is 0 Å². The summed E-state index contributed by atoms with van der Waals surface area (Å²) in [6.45, 7) is 3.81. The van der Waals surface area contributed by atoms with E-state index in [9.17, 15) is 9.59 Å². The number of aryl methyl sites for hydroxylation is 2. The SMILES string of the molecule is Cc1cccc(C(=O)Nc2cccc(C(=O)N/N=C\c3cccc(C)n3)c2)c1. The molecule has 0 aliphatic carbocycles. The van der Waals surface area contributed by atoms with Crippen LogP contribution in [-0.2, 0) is 0 Å². The van der Waals surface area contributed by atoms with Crippen LogP contribution >= 0.6 is 0 Å². The number of nitrogens with zero attached hydrogens (tertiary/aromatic N) is 2. The summed E-state index contributed by atoms with van der Waals surface area (Å²) in [7, 11) is 0. The number of carbonyl (C=O) groups excluding carboxylic acids is 2. The average molecular weight is 372 g/mol. The topological polar surface area (TPSA) is 83.5 Å². The fourth-order valence-corrected chi connectivity index (χ4v) is 2.59. The molecule has 6 nitrogen and oxygen atoms in total. The number of anilines is 1.